The average molecular weight is 451 g/mol. The van der Waals surface area contributed by atoms with Crippen molar-refractivity contribution in [3.05, 3.63) is 40.1 Å². The van der Waals surface area contributed by atoms with Crippen molar-refractivity contribution in [2.24, 2.45) is 0 Å². The van der Waals surface area contributed by atoms with Gasteiger partial charge < -0.3 is 9.64 Å². The lowest BCUT2D eigenvalue weighted by Gasteiger charge is -2.41. The molecule has 2 fully saturated rings. The number of ether oxygens (including phenoxy) is 1. The number of halogens is 1. The molecule has 0 N–H and O–H groups in total. The highest BCUT2D eigenvalue weighted by Crippen LogP contribution is 2.25. The first-order valence-electron chi connectivity index (χ1n) is 9.39. The predicted octanol–water partition coefficient (Wildman–Crippen LogP) is 3.45. The minimum atomic E-state index is 0.0813. The van der Waals surface area contributed by atoms with Crippen molar-refractivity contribution < 1.29 is 9.53 Å². The van der Waals surface area contributed by atoms with Gasteiger partial charge in [-0.1, -0.05) is 11.3 Å². The Labute approximate surface area is 171 Å². The van der Waals surface area contributed by atoms with E-state index in [1.807, 2.05) is 16.3 Å². The van der Waals surface area contributed by atoms with Crippen LogP contribution in [0.2, 0.25) is 0 Å². The highest BCUT2D eigenvalue weighted by molar-refractivity contribution is 9.10. The summed E-state index contributed by atoms with van der Waals surface area (Å²) in [5.41, 5.74) is 0.656. The Morgan fingerprint density at radius 3 is 2.59 bits per heavy atom. The van der Waals surface area contributed by atoms with Crippen LogP contribution in [-0.4, -0.2) is 64.0 Å². The summed E-state index contributed by atoms with van der Waals surface area (Å²) >= 11 is 4.94. The first-order chi connectivity index (χ1) is 13.2. The summed E-state index contributed by atoms with van der Waals surface area (Å²) in [6, 6.07) is 2.41. The Kier molecular flexibility index (Phi) is 6.04. The largest absolute Gasteiger partial charge is 0.467 e. The summed E-state index contributed by atoms with van der Waals surface area (Å²) in [5, 5.41) is 2.73. The van der Waals surface area contributed by atoms with E-state index in [1.165, 1.54) is 0 Å². The van der Waals surface area contributed by atoms with Gasteiger partial charge in [0.25, 0.3) is 11.1 Å². The smallest absolute Gasteiger partial charge is 0.273 e. The molecule has 6 nitrogen and oxygen atoms in total. The number of nitrogens with zero attached hydrogens (tertiary/aromatic N) is 4. The number of amides is 1. The number of aromatic nitrogens is 2. The number of hydrogen-bond acceptors (Lipinski definition) is 6. The Hall–Kier alpha value is -1.51. The number of hydrogen-bond donors (Lipinski definition) is 0. The molecule has 0 saturated carbocycles. The second-order valence-electron chi connectivity index (χ2n) is 7.07. The summed E-state index contributed by atoms with van der Waals surface area (Å²) < 4.78 is 6.80. The van der Waals surface area contributed by atoms with Crippen LogP contribution in [0.15, 0.2) is 34.5 Å². The van der Waals surface area contributed by atoms with Crippen molar-refractivity contribution in [2.45, 2.75) is 37.8 Å². The highest BCUT2D eigenvalue weighted by Gasteiger charge is 2.30. The predicted molar refractivity (Wildman–Crippen MR) is 108 cm³/mol. The monoisotopic (exact) mass is 450 g/mol. The van der Waals surface area contributed by atoms with Crippen molar-refractivity contribution in [1.29, 1.82) is 0 Å². The minimum absolute atomic E-state index is 0.0813. The molecule has 0 aromatic carbocycles. The Bertz CT molecular complexity index is 757. The Balaban J connectivity index is 1.24. The summed E-state index contributed by atoms with van der Waals surface area (Å²) in [4.78, 5) is 25.5. The van der Waals surface area contributed by atoms with Gasteiger partial charge in [0, 0.05) is 60.7 Å². The van der Waals surface area contributed by atoms with E-state index in [-0.39, 0.29) is 12.0 Å². The van der Waals surface area contributed by atoms with Crippen molar-refractivity contribution in [2.75, 3.05) is 26.2 Å². The van der Waals surface area contributed by atoms with Gasteiger partial charge in [-0.25, -0.2) is 4.98 Å². The maximum atomic E-state index is 12.7. The second kappa shape index (κ2) is 8.67. The van der Waals surface area contributed by atoms with Gasteiger partial charge in [-0.05, 0) is 47.7 Å². The lowest BCUT2D eigenvalue weighted by atomic mass is 9.98. The van der Waals surface area contributed by atoms with Crippen LogP contribution in [0.1, 0.15) is 36.0 Å². The fraction of sp³-hybridized carbons (Fsp3) is 0.526. The van der Waals surface area contributed by atoms with Crippen molar-refractivity contribution in [1.82, 2.24) is 19.8 Å². The van der Waals surface area contributed by atoms with E-state index in [2.05, 4.69) is 30.8 Å². The molecule has 2 aromatic heterocycles. The number of carbonyl (C=O) groups excluding carboxylic acids is 1. The third kappa shape index (κ3) is 4.67. The van der Waals surface area contributed by atoms with Crippen LogP contribution in [0.25, 0.3) is 0 Å². The molecule has 27 heavy (non-hydrogen) atoms. The van der Waals surface area contributed by atoms with Crippen LogP contribution in [-0.2, 0) is 0 Å². The quantitative estimate of drug-likeness (QED) is 0.713. The van der Waals surface area contributed by atoms with Gasteiger partial charge in [0.1, 0.15) is 6.10 Å². The number of rotatable bonds is 4. The zero-order valence-corrected chi connectivity index (χ0v) is 17.5. The van der Waals surface area contributed by atoms with Crippen LogP contribution in [0.3, 0.4) is 0 Å². The second-order valence-corrected chi connectivity index (χ2v) is 8.84. The average Bonchev–Trinajstić information content (AvgIpc) is 3.21. The molecule has 8 heteroatoms. The van der Waals surface area contributed by atoms with Crippen LogP contribution in [0.5, 0.6) is 5.19 Å². The van der Waals surface area contributed by atoms with Crippen LogP contribution in [0, 0.1) is 0 Å². The maximum Gasteiger partial charge on any atom is 0.273 e. The third-order valence-electron chi connectivity index (χ3n) is 5.37. The topological polar surface area (TPSA) is 58.6 Å². The molecule has 0 unspecified atom stereocenters. The zero-order valence-electron chi connectivity index (χ0n) is 15.1. The van der Waals surface area contributed by atoms with Crippen molar-refractivity contribution in [3.63, 3.8) is 0 Å². The number of likely N-dealkylation sites (tertiary alicyclic amines) is 2. The molecule has 4 rings (SSSR count). The van der Waals surface area contributed by atoms with Gasteiger partial charge >= 0.3 is 0 Å². The van der Waals surface area contributed by atoms with Crippen molar-refractivity contribution in [3.8, 4) is 5.19 Å². The molecule has 144 valence electrons. The van der Waals surface area contributed by atoms with Gasteiger partial charge in [0.15, 0.2) is 0 Å². The molecule has 2 aliphatic rings. The summed E-state index contributed by atoms with van der Waals surface area (Å²) in [6.45, 7) is 3.74. The van der Waals surface area contributed by atoms with E-state index in [1.54, 1.807) is 29.9 Å². The summed E-state index contributed by atoms with van der Waals surface area (Å²) in [5.74, 6) is 0.0813. The van der Waals surface area contributed by atoms with E-state index in [4.69, 9.17) is 4.74 Å². The molecule has 0 atom stereocenters. The Morgan fingerprint density at radius 1 is 1.15 bits per heavy atom. The van der Waals surface area contributed by atoms with Crippen LogP contribution < -0.4 is 4.74 Å². The van der Waals surface area contributed by atoms with Gasteiger partial charge in [0.2, 0.25) is 0 Å². The van der Waals surface area contributed by atoms with Crippen LogP contribution in [0.4, 0.5) is 0 Å². The van der Waals surface area contributed by atoms with Crippen LogP contribution >= 0.6 is 27.3 Å². The molecule has 1 amide bonds. The molecule has 0 bridgehead atoms. The normalized spacial score (nSPS) is 20.0. The van der Waals surface area contributed by atoms with Gasteiger partial charge in [-0.15, -0.1) is 0 Å². The fourth-order valence-electron chi connectivity index (χ4n) is 3.92. The summed E-state index contributed by atoms with van der Waals surface area (Å²) in [7, 11) is 0. The highest BCUT2D eigenvalue weighted by atomic mass is 79.9. The minimum Gasteiger partial charge on any atom is -0.467 e. The lowest BCUT2D eigenvalue weighted by Crippen LogP contribution is -2.50. The maximum absolute atomic E-state index is 12.7. The van der Waals surface area contributed by atoms with Gasteiger partial charge in [-0.3, -0.25) is 14.7 Å². The van der Waals surface area contributed by atoms with Crippen molar-refractivity contribution >= 4 is 33.2 Å². The number of piperidine rings is 2. The van der Waals surface area contributed by atoms with E-state index in [0.717, 1.165) is 61.5 Å². The van der Waals surface area contributed by atoms with E-state index in [0.29, 0.717) is 11.6 Å². The molecular formula is C19H23BrN4O2S. The molecular weight excluding hydrogens is 428 g/mol. The molecule has 4 heterocycles. The van der Waals surface area contributed by atoms with Gasteiger partial charge in [-0.2, -0.15) is 0 Å². The molecule has 2 saturated heterocycles. The summed E-state index contributed by atoms with van der Waals surface area (Å²) in [6.07, 6.45) is 9.56. The first-order valence-corrected chi connectivity index (χ1v) is 11.1. The molecule has 2 aromatic rings. The molecule has 0 spiro atoms. The molecule has 2 aliphatic heterocycles. The molecule has 0 radical (unpaired) electrons. The Morgan fingerprint density at radius 2 is 1.93 bits per heavy atom. The standard InChI is InChI=1S/C19H23BrN4O2S/c20-15-11-14(12-21-13-15)18(25)24-6-1-16(2-7-24)23-8-3-17(4-9-23)26-19-22-5-10-27-19/h5,10-13,16-17H,1-4,6-9H2. The number of thiazole rings is 1. The lowest BCUT2D eigenvalue weighted by molar-refractivity contribution is 0.0425. The molecule has 0 aliphatic carbocycles. The number of carbonyl (C=O) groups is 1. The van der Waals surface area contributed by atoms with E-state index < -0.39 is 0 Å². The SMILES string of the molecule is O=C(c1cncc(Br)c1)N1CCC(N2CCC(Oc3nccs3)CC2)CC1. The van der Waals surface area contributed by atoms with E-state index >= 15 is 0 Å². The third-order valence-corrected chi connectivity index (χ3v) is 6.47. The van der Waals surface area contributed by atoms with Gasteiger partial charge in [0.05, 0.1) is 5.56 Å². The first kappa shape index (κ1) is 18.8. The zero-order chi connectivity index (χ0) is 18.6. The fourth-order valence-corrected chi connectivity index (χ4v) is 4.83. The van der Waals surface area contributed by atoms with E-state index in [9.17, 15) is 4.79 Å². The number of pyridine rings is 1.